The van der Waals surface area contributed by atoms with Crippen molar-refractivity contribution in [2.24, 2.45) is 0 Å². The Balaban J connectivity index is 2.41. The molecule has 0 fully saturated rings. The number of allylic oxidation sites excluding steroid dienone is 1. The SMILES string of the molecule is CCC1=C(I)C(c2ccc[cH-]2)OP1(=O)OC. The zero-order valence-electron chi connectivity index (χ0n) is 9.14. The fourth-order valence-corrected chi connectivity index (χ4v) is 5.48. The standard InChI is InChI=1S/C11H13IO3P/c1-3-9-10(12)11(8-6-4-5-7-8)15-16(9,13)14-2/h4-7,11H,3H2,1-2H3/q-1. The van der Waals surface area contributed by atoms with Crippen molar-refractivity contribution in [2.75, 3.05) is 7.11 Å². The van der Waals surface area contributed by atoms with Crippen LogP contribution in [0.15, 0.2) is 33.2 Å². The summed E-state index contributed by atoms with van der Waals surface area (Å²) in [5, 5.41) is 0.807. The van der Waals surface area contributed by atoms with E-state index in [0.29, 0.717) is 6.42 Å². The van der Waals surface area contributed by atoms with Gasteiger partial charge in [-0.15, -0.1) is 5.56 Å². The maximum absolute atomic E-state index is 12.4. The molecule has 0 aromatic heterocycles. The molecular weight excluding hydrogens is 338 g/mol. The highest BCUT2D eigenvalue weighted by atomic mass is 127. The first-order valence-electron chi connectivity index (χ1n) is 5.07. The van der Waals surface area contributed by atoms with Crippen molar-refractivity contribution in [3.8, 4) is 0 Å². The average molecular weight is 351 g/mol. The van der Waals surface area contributed by atoms with E-state index in [1.165, 1.54) is 7.11 Å². The van der Waals surface area contributed by atoms with Gasteiger partial charge in [-0.2, -0.15) is 12.1 Å². The minimum Gasteiger partial charge on any atom is -0.309 e. The van der Waals surface area contributed by atoms with Crippen molar-refractivity contribution in [3.05, 3.63) is 38.7 Å². The van der Waals surface area contributed by atoms with Crippen LogP contribution in [0, 0.1) is 0 Å². The second-order valence-electron chi connectivity index (χ2n) is 3.53. The molecule has 2 atom stereocenters. The summed E-state index contributed by atoms with van der Waals surface area (Å²) in [6.45, 7) is 1.97. The molecule has 0 amide bonds. The van der Waals surface area contributed by atoms with E-state index in [-0.39, 0.29) is 6.10 Å². The molecule has 0 saturated carbocycles. The van der Waals surface area contributed by atoms with Gasteiger partial charge in [0.05, 0.1) is 5.31 Å². The van der Waals surface area contributed by atoms with Crippen molar-refractivity contribution in [1.29, 1.82) is 0 Å². The summed E-state index contributed by atoms with van der Waals surface area (Å²) >= 11 is 2.21. The van der Waals surface area contributed by atoms with Crippen molar-refractivity contribution in [1.82, 2.24) is 0 Å². The lowest BCUT2D eigenvalue weighted by molar-refractivity contribution is 0.212. The molecular formula is C11H13IO3P-. The van der Waals surface area contributed by atoms with Crippen molar-refractivity contribution < 1.29 is 13.6 Å². The first-order chi connectivity index (χ1) is 7.62. The molecule has 16 heavy (non-hydrogen) atoms. The fourth-order valence-electron chi connectivity index (χ4n) is 1.82. The van der Waals surface area contributed by atoms with Crippen molar-refractivity contribution >= 4 is 30.2 Å². The van der Waals surface area contributed by atoms with Gasteiger partial charge in [-0.3, -0.25) is 9.09 Å². The lowest BCUT2D eigenvalue weighted by Crippen LogP contribution is -1.94. The summed E-state index contributed by atoms with van der Waals surface area (Å²) in [5.41, 5.74) is 1.03. The van der Waals surface area contributed by atoms with E-state index in [4.69, 9.17) is 9.05 Å². The lowest BCUT2D eigenvalue weighted by atomic mass is 10.2. The highest BCUT2D eigenvalue weighted by Crippen LogP contribution is 2.68. The Morgan fingerprint density at radius 2 is 2.44 bits per heavy atom. The Kier molecular flexibility index (Phi) is 3.64. The van der Waals surface area contributed by atoms with Gasteiger partial charge in [0, 0.05) is 10.7 Å². The third-order valence-electron chi connectivity index (χ3n) is 2.65. The third-order valence-corrected chi connectivity index (χ3v) is 6.48. The van der Waals surface area contributed by atoms with Crippen LogP contribution >= 0.6 is 30.2 Å². The minimum atomic E-state index is -3.04. The largest absolute Gasteiger partial charge is 0.358 e. The van der Waals surface area contributed by atoms with E-state index < -0.39 is 7.60 Å². The van der Waals surface area contributed by atoms with E-state index in [0.717, 1.165) is 14.5 Å². The molecule has 0 N–H and O–H groups in total. The Morgan fingerprint density at radius 1 is 1.69 bits per heavy atom. The maximum atomic E-state index is 12.4. The van der Waals surface area contributed by atoms with Crippen molar-refractivity contribution in [2.45, 2.75) is 19.4 Å². The van der Waals surface area contributed by atoms with Gasteiger partial charge in [-0.25, -0.2) is 12.1 Å². The Hall–Kier alpha value is -0.0300. The minimum absolute atomic E-state index is 0.226. The normalized spacial score (nSPS) is 30.1. The van der Waals surface area contributed by atoms with Crippen LogP contribution in [0.3, 0.4) is 0 Å². The summed E-state index contributed by atoms with van der Waals surface area (Å²) < 4.78 is 24.0. The molecule has 1 aromatic rings. The quantitative estimate of drug-likeness (QED) is 0.461. The van der Waals surface area contributed by atoms with Gasteiger partial charge in [0.1, 0.15) is 6.10 Å². The number of hydrogen-bond acceptors (Lipinski definition) is 3. The molecule has 0 aliphatic carbocycles. The van der Waals surface area contributed by atoms with Crippen LogP contribution in [0.4, 0.5) is 0 Å². The van der Waals surface area contributed by atoms with Crippen LogP contribution in [-0.2, 0) is 13.6 Å². The van der Waals surface area contributed by atoms with E-state index in [1.807, 2.05) is 31.2 Å². The van der Waals surface area contributed by atoms with Gasteiger partial charge in [0.25, 0.3) is 0 Å². The van der Waals surface area contributed by atoms with Gasteiger partial charge in [0.2, 0.25) is 0 Å². The summed E-state index contributed by atoms with van der Waals surface area (Å²) in [4.78, 5) is 0. The summed E-state index contributed by atoms with van der Waals surface area (Å²) in [7, 11) is -1.60. The number of halogens is 1. The average Bonchev–Trinajstić information content (AvgIpc) is 2.86. The second-order valence-corrected chi connectivity index (χ2v) is 6.80. The van der Waals surface area contributed by atoms with Crippen LogP contribution in [-0.4, -0.2) is 7.11 Å². The first kappa shape index (κ1) is 12.4. The summed E-state index contributed by atoms with van der Waals surface area (Å²) in [6, 6.07) is 7.85. The van der Waals surface area contributed by atoms with Crippen LogP contribution in [0.1, 0.15) is 25.0 Å². The van der Waals surface area contributed by atoms with Gasteiger partial charge in [-0.05, 0) is 29.0 Å². The molecule has 2 unspecified atom stereocenters. The van der Waals surface area contributed by atoms with Crippen LogP contribution in [0.25, 0.3) is 0 Å². The van der Waals surface area contributed by atoms with E-state index >= 15 is 0 Å². The predicted octanol–water partition coefficient (Wildman–Crippen LogP) is 4.37. The first-order valence-corrected chi connectivity index (χ1v) is 7.69. The smallest absolute Gasteiger partial charge is 0.309 e. The molecule has 0 radical (unpaired) electrons. The highest BCUT2D eigenvalue weighted by molar-refractivity contribution is 14.1. The molecule has 0 saturated heterocycles. The Morgan fingerprint density at radius 3 is 2.88 bits per heavy atom. The lowest BCUT2D eigenvalue weighted by Gasteiger charge is -2.16. The Labute approximate surface area is 109 Å². The third kappa shape index (κ3) is 1.92. The van der Waals surface area contributed by atoms with Gasteiger partial charge in [-0.1, -0.05) is 6.92 Å². The van der Waals surface area contributed by atoms with Crippen LogP contribution in [0.2, 0.25) is 0 Å². The predicted molar refractivity (Wildman–Crippen MR) is 71.8 cm³/mol. The van der Waals surface area contributed by atoms with Gasteiger partial charge < -0.3 is 4.52 Å². The summed E-state index contributed by atoms with van der Waals surface area (Å²) in [5.74, 6) is 0. The van der Waals surface area contributed by atoms with Crippen LogP contribution in [0.5, 0.6) is 0 Å². The Bertz CT molecular complexity index is 450. The molecule has 88 valence electrons. The van der Waals surface area contributed by atoms with E-state index in [1.54, 1.807) is 0 Å². The molecule has 0 bridgehead atoms. The van der Waals surface area contributed by atoms with Crippen LogP contribution < -0.4 is 0 Å². The molecule has 2 rings (SSSR count). The molecule has 5 heteroatoms. The van der Waals surface area contributed by atoms with Gasteiger partial charge in [0.15, 0.2) is 0 Å². The summed E-state index contributed by atoms with van der Waals surface area (Å²) in [6.07, 6.45) is 0.469. The van der Waals surface area contributed by atoms with Crippen molar-refractivity contribution in [3.63, 3.8) is 0 Å². The second kappa shape index (κ2) is 4.69. The topological polar surface area (TPSA) is 35.5 Å². The molecule has 1 aromatic carbocycles. The zero-order valence-corrected chi connectivity index (χ0v) is 12.2. The van der Waals surface area contributed by atoms with Gasteiger partial charge >= 0.3 is 7.60 Å². The fraction of sp³-hybridized carbons (Fsp3) is 0.364. The molecule has 1 heterocycles. The molecule has 3 nitrogen and oxygen atoms in total. The monoisotopic (exact) mass is 351 g/mol. The van der Waals surface area contributed by atoms with E-state index in [9.17, 15) is 4.57 Å². The number of rotatable bonds is 3. The number of hydrogen-bond donors (Lipinski definition) is 0. The maximum Gasteiger partial charge on any atom is 0.358 e. The molecule has 1 aliphatic heterocycles. The highest BCUT2D eigenvalue weighted by Gasteiger charge is 2.41. The van der Waals surface area contributed by atoms with E-state index in [2.05, 4.69) is 22.6 Å². The zero-order chi connectivity index (χ0) is 11.8. The molecule has 1 aliphatic rings. The molecule has 0 spiro atoms.